The molecule has 0 aromatic carbocycles. The van der Waals surface area contributed by atoms with Gasteiger partial charge < -0.3 is 5.11 Å². The van der Waals surface area contributed by atoms with Crippen molar-refractivity contribution < 1.29 is 23.1 Å². The van der Waals surface area contributed by atoms with Gasteiger partial charge in [0.2, 0.25) is 0 Å². The lowest BCUT2D eigenvalue weighted by Crippen LogP contribution is -2.15. The van der Waals surface area contributed by atoms with Crippen molar-refractivity contribution in [3.8, 4) is 5.75 Å². The largest absolute Gasteiger partial charge is 0.506 e. The van der Waals surface area contributed by atoms with E-state index in [0.717, 1.165) is 12.3 Å². The number of aromatic nitrogens is 5. The van der Waals surface area contributed by atoms with Crippen LogP contribution in [0.3, 0.4) is 0 Å². The summed E-state index contributed by atoms with van der Waals surface area (Å²) in [6.07, 6.45) is 0.271. The second-order valence-corrected chi connectivity index (χ2v) is 5.41. The molecule has 4 aromatic rings. The SMILES string of the molecule is O=C(c1cnc(C(F)(F)F)c(O)c1)n1ccc2nnc3ccncc1c32. The number of halogens is 3. The van der Waals surface area contributed by atoms with E-state index in [1.165, 1.54) is 23.2 Å². The van der Waals surface area contributed by atoms with Gasteiger partial charge in [-0.1, -0.05) is 0 Å². The van der Waals surface area contributed by atoms with E-state index in [1.807, 2.05) is 0 Å². The van der Waals surface area contributed by atoms with Crippen LogP contribution in [-0.4, -0.2) is 35.7 Å². The monoisotopic (exact) mass is 359 g/mol. The summed E-state index contributed by atoms with van der Waals surface area (Å²) in [6, 6.07) is 3.91. The fourth-order valence-electron chi connectivity index (χ4n) is 2.64. The number of hydrogen-bond donors (Lipinski definition) is 1. The minimum Gasteiger partial charge on any atom is -0.506 e. The summed E-state index contributed by atoms with van der Waals surface area (Å²) in [4.78, 5) is 20.0. The zero-order valence-electron chi connectivity index (χ0n) is 12.8. The Balaban J connectivity index is 1.89. The fraction of sp³-hybridized carbons (Fsp3) is 0.0625. The van der Waals surface area contributed by atoms with Crippen molar-refractivity contribution in [1.29, 1.82) is 0 Å². The van der Waals surface area contributed by atoms with Crippen LogP contribution in [0.4, 0.5) is 13.2 Å². The quantitative estimate of drug-likeness (QED) is 0.562. The molecule has 4 rings (SSSR count). The molecule has 0 bridgehead atoms. The lowest BCUT2D eigenvalue weighted by atomic mass is 10.2. The molecule has 0 radical (unpaired) electrons. The van der Waals surface area contributed by atoms with E-state index in [4.69, 9.17) is 0 Å². The van der Waals surface area contributed by atoms with Crippen molar-refractivity contribution in [2.24, 2.45) is 0 Å². The third kappa shape index (κ3) is 2.42. The summed E-state index contributed by atoms with van der Waals surface area (Å²) in [7, 11) is 0. The van der Waals surface area contributed by atoms with E-state index in [-0.39, 0.29) is 5.56 Å². The minimum atomic E-state index is -4.82. The van der Waals surface area contributed by atoms with Crippen LogP contribution in [0, 0.1) is 0 Å². The van der Waals surface area contributed by atoms with Gasteiger partial charge in [0.1, 0.15) is 5.75 Å². The highest BCUT2D eigenvalue weighted by Gasteiger charge is 2.36. The number of alkyl halides is 3. The van der Waals surface area contributed by atoms with Crippen LogP contribution >= 0.6 is 0 Å². The van der Waals surface area contributed by atoms with Crippen LogP contribution < -0.4 is 0 Å². The van der Waals surface area contributed by atoms with Gasteiger partial charge in [-0.05, 0) is 18.2 Å². The number of aromatic hydroxyl groups is 1. The first kappa shape index (κ1) is 15.9. The molecular formula is C16H8F3N5O2. The van der Waals surface area contributed by atoms with Crippen LogP contribution in [0.5, 0.6) is 5.75 Å². The maximum atomic E-state index is 12.8. The summed E-state index contributed by atoms with van der Waals surface area (Å²) < 4.78 is 39.3. The number of carbonyl (C=O) groups is 1. The van der Waals surface area contributed by atoms with Crippen LogP contribution in [0.1, 0.15) is 16.1 Å². The van der Waals surface area contributed by atoms with Crippen molar-refractivity contribution in [3.63, 3.8) is 0 Å². The molecule has 4 heterocycles. The van der Waals surface area contributed by atoms with E-state index in [9.17, 15) is 23.1 Å². The maximum absolute atomic E-state index is 12.8. The first-order valence-corrected chi connectivity index (χ1v) is 7.24. The molecule has 4 aromatic heterocycles. The molecule has 0 spiro atoms. The van der Waals surface area contributed by atoms with Gasteiger partial charge in [-0.3, -0.25) is 14.3 Å². The van der Waals surface area contributed by atoms with Gasteiger partial charge in [0, 0.05) is 18.6 Å². The Bertz CT molecular complexity index is 1170. The summed E-state index contributed by atoms with van der Waals surface area (Å²) >= 11 is 0. The van der Waals surface area contributed by atoms with Gasteiger partial charge >= 0.3 is 6.18 Å². The van der Waals surface area contributed by atoms with Crippen LogP contribution in [0.15, 0.2) is 43.0 Å². The molecule has 0 saturated heterocycles. The highest BCUT2D eigenvalue weighted by molar-refractivity contribution is 6.09. The van der Waals surface area contributed by atoms with Gasteiger partial charge in [0.05, 0.1) is 33.7 Å². The standard InChI is InChI=1S/C16H8F3N5O2/c17-16(18,19)14-12(25)5-8(6-21-14)15(26)24-4-2-10-13-9(22-23-10)1-3-20-7-11(13)24/h1-7,25H. The Hall–Kier alpha value is -3.56. The summed E-state index contributed by atoms with van der Waals surface area (Å²) in [5, 5.41) is 18.2. The molecule has 0 aliphatic heterocycles. The number of nitrogens with zero attached hydrogens (tertiary/aromatic N) is 5. The van der Waals surface area contributed by atoms with E-state index < -0.39 is 23.5 Å². The number of hydrogen-bond acceptors (Lipinski definition) is 6. The average Bonchev–Trinajstić information content (AvgIpc) is 2.87. The smallest absolute Gasteiger partial charge is 0.437 e. The number of rotatable bonds is 1. The number of pyridine rings is 2. The minimum absolute atomic E-state index is 0.212. The van der Waals surface area contributed by atoms with Gasteiger partial charge in [-0.15, -0.1) is 10.2 Å². The molecule has 0 amide bonds. The topological polar surface area (TPSA) is 93.8 Å². The molecule has 0 fully saturated rings. The Labute approximate surface area is 142 Å². The Morgan fingerprint density at radius 1 is 1.12 bits per heavy atom. The van der Waals surface area contributed by atoms with Crippen LogP contribution in [0.25, 0.3) is 21.9 Å². The highest BCUT2D eigenvalue weighted by Crippen LogP contribution is 2.34. The maximum Gasteiger partial charge on any atom is 0.437 e. The normalized spacial score (nSPS) is 12.0. The molecule has 1 N–H and O–H groups in total. The Morgan fingerprint density at radius 2 is 1.85 bits per heavy atom. The second-order valence-electron chi connectivity index (χ2n) is 5.41. The molecule has 0 aliphatic carbocycles. The third-order valence-electron chi connectivity index (χ3n) is 3.79. The lowest BCUT2D eigenvalue weighted by molar-refractivity contribution is -0.142. The Kier molecular flexibility index (Phi) is 3.36. The zero-order chi connectivity index (χ0) is 18.5. The highest BCUT2D eigenvalue weighted by atomic mass is 19.4. The molecule has 26 heavy (non-hydrogen) atoms. The third-order valence-corrected chi connectivity index (χ3v) is 3.79. The van der Waals surface area contributed by atoms with Crippen LogP contribution in [0.2, 0.25) is 0 Å². The molecule has 10 heteroatoms. The molecule has 0 atom stereocenters. The van der Waals surface area contributed by atoms with Crippen molar-refractivity contribution in [2.75, 3.05) is 0 Å². The van der Waals surface area contributed by atoms with Crippen LogP contribution in [-0.2, 0) is 6.18 Å². The first-order valence-electron chi connectivity index (χ1n) is 7.24. The summed E-state index contributed by atoms with van der Waals surface area (Å²) in [5.41, 5.74) is -0.230. The fourth-order valence-corrected chi connectivity index (χ4v) is 2.64. The van der Waals surface area contributed by atoms with E-state index in [1.54, 1.807) is 12.1 Å². The van der Waals surface area contributed by atoms with Crippen molar-refractivity contribution in [1.82, 2.24) is 24.7 Å². The molecule has 0 unspecified atom stereocenters. The van der Waals surface area contributed by atoms with Crippen molar-refractivity contribution in [3.05, 3.63) is 54.2 Å². The van der Waals surface area contributed by atoms with Gasteiger partial charge in [-0.2, -0.15) is 13.2 Å². The summed E-state index contributed by atoms with van der Waals surface area (Å²) in [6.45, 7) is 0. The van der Waals surface area contributed by atoms with E-state index >= 15 is 0 Å². The van der Waals surface area contributed by atoms with Crippen molar-refractivity contribution in [2.45, 2.75) is 6.18 Å². The molecule has 0 aliphatic rings. The molecule has 0 saturated carbocycles. The van der Waals surface area contributed by atoms with E-state index in [0.29, 0.717) is 21.9 Å². The van der Waals surface area contributed by atoms with Gasteiger partial charge in [-0.25, -0.2) is 4.98 Å². The van der Waals surface area contributed by atoms with Gasteiger partial charge in [0.25, 0.3) is 5.91 Å². The van der Waals surface area contributed by atoms with E-state index in [2.05, 4.69) is 20.2 Å². The predicted octanol–water partition coefficient (Wildman–Crippen LogP) is 2.79. The molecular weight excluding hydrogens is 351 g/mol. The van der Waals surface area contributed by atoms with Gasteiger partial charge in [0.15, 0.2) is 5.69 Å². The average molecular weight is 359 g/mol. The van der Waals surface area contributed by atoms with Crippen molar-refractivity contribution >= 4 is 27.8 Å². The number of carbonyl (C=O) groups excluding carboxylic acids is 1. The first-order chi connectivity index (χ1) is 12.4. The predicted molar refractivity (Wildman–Crippen MR) is 83.5 cm³/mol. The summed E-state index contributed by atoms with van der Waals surface area (Å²) in [5.74, 6) is -1.80. The Morgan fingerprint density at radius 3 is 2.54 bits per heavy atom. The molecule has 7 nitrogen and oxygen atoms in total. The zero-order valence-corrected chi connectivity index (χ0v) is 12.8. The molecule has 130 valence electrons. The lowest BCUT2D eigenvalue weighted by Gasteiger charge is -2.11. The second kappa shape index (κ2) is 5.48.